The molecule has 0 saturated heterocycles. The number of hydrogen-bond acceptors (Lipinski definition) is 6. The number of esters is 1. The second kappa shape index (κ2) is 10.6. The molecule has 30 heavy (non-hydrogen) atoms. The van der Waals surface area contributed by atoms with Gasteiger partial charge in [-0.05, 0) is 42.8 Å². The molecule has 0 saturated carbocycles. The molecule has 1 N–H and O–H groups in total. The Labute approximate surface area is 171 Å². The van der Waals surface area contributed by atoms with Gasteiger partial charge in [0, 0.05) is 12.1 Å². The lowest BCUT2D eigenvalue weighted by Gasteiger charge is -2.13. The second-order valence-corrected chi connectivity index (χ2v) is 5.88. The van der Waals surface area contributed by atoms with Crippen molar-refractivity contribution in [2.75, 3.05) is 19.0 Å². The predicted molar refractivity (Wildman–Crippen MR) is 104 cm³/mol. The topological polar surface area (TPSA) is 97.7 Å². The molecule has 0 aliphatic heterocycles. The van der Waals surface area contributed by atoms with Crippen LogP contribution >= 0.6 is 0 Å². The first-order valence-electron chi connectivity index (χ1n) is 8.66. The van der Waals surface area contributed by atoms with Crippen LogP contribution in [0.15, 0.2) is 42.5 Å². The zero-order valence-electron chi connectivity index (χ0n) is 16.1. The maximum Gasteiger partial charge on any atom is 0.331 e. The Morgan fingerprint density at radius 1 is 1.20 bits per heavy atom. The van der Waals surface area contributed by atoms with E-state index in [-0.39, 0.29) is 12.3 Å². The minimum Gasteiger partial charge on any atom is -0.493 e. The van der Waals surface area contributed by atoms with Crippen LogP contribution in [-0.2, 0) is 14.3 Å². The highest BCUT2D eigenvalue weighted by Gasteiger charge is 2.18. The van der Waals surface area contributed by atoms with Crippen LogP contribution in [0.3, 0.4) is 0 Å². The molecule has 2 aromatic rings. The third-order valence-electron chi connectivity index (χ3n) is 3.74. The van der Waals surface area contributed by atoms with Crippen LogP contribution in [0.5, 0.6) is 11.5 Å². The van der Waals surface area contributed by atoms with Gasteiger partial charge < -0.3 is 19.5 Å². The zero-order valence-corrected chi connectivity index (χ0v) is 16.1. The van der Waals surface area contributed by atoms with E-state index in [2.05, 4.69) is 5.32 Å². The summed E-state index contributed by atoms with van der Waals surface area (Å²) in [5.74, 6) is -2.44. The predicted octanol–water partition coefficient (Wildman–Crippen LogP) is 3.46. The zero-order chi connectivity index (χ0) is 22.1. The fraction of sp³-hybridized carbons (Fsp3) is 0.190. The number of halogens is 2. The Bertz CT molecular complexity index is 1000. The van der Waals surface area contributed by atoms with Gasteiger partial charge in [0.05, 0.1) is 12.8 Å². The summed E-state index contributed by atoms with van der Waals surface area (Å²) in [7, 11) is 1.43. The van der Waals surface area contributed by atoms with Crippen LogP contribution in [0.2, 0.25) is 0 Å². The van der Waals surface area contributed by atoms with E-state index in [0.29, 0.717) is 17.1 Å². The maximum atomic E-state index is 13.6. The van der Waals surface area contributed by atoms with Gasteiger partial charge >= 0.3 is 5.97 Å². The number of rotatable bonds is 8. The van der Waals surface area contributed by atoms with Crippen molar-refractivity contribution in [2.24, 2.45) is 0 Å². The number of methoxy groups -OCH3 is 1. The number of nitriles is 1. The first-order valence-corrected chi connectivity index (χ1v) is 8.66. The smallest absolute Gasteiger partial charge is 0.331 e. The van der Waals surface area contributed by atoms with Crippen LogP contribution < -0.4 is 14.8 Å². The van der Waals surface area contributed by atoms with Gasteiger partial charge in [-0.25, -0.2) is 13.6 Å². The van der Waals surface area contributed by atoms with Crippen molar-refractivity contribution in [3.63, 3.8) is 0 Å². The van der Waals surface area contributed by atoms with Crippen molar-refractivity contribution < 1.29 is 32.6 Å². The summed E-state index contributed by atoms with van der Waals surface area (Å²) in [4.78, 5) is 24.0. The summed E-state index contributed by atoms with van der Waals surface area (Å²) >= 11 is 0. The van der Waals surface area contributed by atoms with Gasteiger partial charge in [-0.15, -0.1) is 0 Å². The number of ether oxygens (including phenoxy) is 3. The number of benzene rings is 2. The van der Waals surface area contributed by atoms with Crippen molar-refractivity contribution in [1.82, 2.24) is 0 Å². The van der Waals surface area contributed by atoms with Gasteiger partial charge in [0.1, 0.15) is 17.7 Å². The Balaban J connectivity index is 1.97. The Morgan fingerprint density at radius 2 is 1.97 bits per heavy atom. The maximum absolute atomic E-state index is 13.6. The van der Waals surface area contributed by atoms with E-state index in [1.165, 1.54) is 20.1 Å². The summed E-state index contributed by atoms with van der Waals surface area (Å²) in [6.07, 6.45) is 1.27. The Morgan fingerprint density at radius 3 is 2.67 bits per heavy atom. The summed E-state index contributed by atoms with van der Waals surface area (Å²) in [6.45, 7) is 1.15. The molecule has 0 heterocycles. The molecule has 0 unspecified atom stereocenters. The van der Waals surface area contributed by atoms with Crippen molar-refractivity contribution in [1.29, 1.82) is 5.26 Å². The minimum absolute atomic E-state index is 0.142. The average Bonchev–Trinajstić information content (AvgIpc) is 2.73. The van der Waals surface area contributed by atoms with Gasteiger partial charge in [0.15, 0.2) is 24.2 Å². The summed E-state index contributed by atoms with van der Waals surface area (Å²) in [5.41, 5.74) is 0.219. The van der Waals surface area contributed by atoms with Gasteiger partial charge in [0.25, 0.3) is 5.91 Å². The number of amides is 1. The summed E-state index contributed by atoms with van der Waals surface area (Å²) in [5, 5.41) is 10.7. The van der Waals surface area contributed by atoms with Gasteiger partial charge in [0.2, 0.25) is 0 Å². The van der Waals surface area contributed by atoms with E-state index >= 15 is 0 Å². The summed E-state index contributed by atoms with van der Waals surface area (Å²) in [6, 6.07) is 9.23. The van der Waals surface area contributed by atoms with Crippen LogP contribution in [0, 0.1) is 23.0 Å². The first-order chi connectivity index (χ1) is 14.3. The lowest BCUT2D eigenvalue weighted by molar-refractivity contribution is -0.148. The molecule has 0 aromatic heterocycles. The van der Waals surface area contributed by atoms with E-state index in [4.69, 9.17) is 19.5 Å². The molecule has 2 rings (SSSR count). The molecule has 1 atom stereocenters. The van der Waals surface area contributed by atoms with Crippen molar-refractivity contribution in [3.8, 4) is 17.6 Å². The molecule has 0 spiro atoms. The number of carbonyl (C=O) groups is 2. The van der Waals surface area contributed by atoms with Gasteiger partial charge in [-0.1, -0.05) is 6.07 Å². The number of hydrogen-bond donors (Lipinski definition) is 1. The van der Waals surface area contributed by atoms with E-state index in [1.807, 2.05) is 6.07 Å². The fourth-order valence-corrected chi connectivity index (χ4v) is 2.28. The quantitative estimate of drug-likeness (QED) is 0.523. The number of nitrogens with one attached hydrogen (secondary N) is 1. The van der Waals surface area contributed by atoms with E-state index in [9.17, 15) is 18.4 Å². The van der Waals surface area contributed by atoms with E-state index in [1.54, 1.807) is 18.2 Å². The van der Waals surface area contributed by atoms with Crippen molar-refractivity contribution in [3.05, 3.63) is 59.7 Å². The number of anilines is 1. The second-order valence-electron chi connectivity index (χ2n) is 5.88. The molecule has 0 aliphatic carbocycles. The van der Waals surface area contributed by atoms with E-state index < -0.39 is 29.6 Å². The number of carbonyl (C=O) groups excluding carboxylic acids is 2. The van der Waals surface area contributed by atoms with Crippen LogP contribution in [-0.4, -0.2) is 31.7 Å². The average molecular weight is 416 g/mol. The molecule has 156 valence electrons. The molecule has 0 bridgehead atoms. The minimum atomic E-state index is -1.25. The lowest BCUT2D eigenvalue weighted by Crippen LogP contribution is -2.29. The molecular weight excluding hydrogens is 398 g/mol. The van der Waals surface area contributed by atoms with Crippen LogP contribution in [0.1, 0.15) is 12.5 Å². The van der Waals surface area contributed by atoms with Crippen molar-refractivity contribution in [2.45, 2.75) is 13.0 Å². The highest BCUT2D eigenvalue weighted by atomic mass is 19.1. The normalized spacial score (nSPS) is 11.4. The Hall–Kier alpha value is -3.93. The molecule has 7 nitrogen and oxygen atoms in total. The summed E-state index contributed by atoms with van der Waals surface area (Å²) < 4.78 is 42.1. The Kier molecular flexibility index (Phi) is 7.88. The molecule has 2 aromatic carbocycles. The van der Waals surface area contributed by atoms with E-state index in [0.717, 1.165) is 24.3 Å². The monoisotopic (exact) mass is 416 g/mol. The molecule has 9 heteroatoms. The highest BCUT2D eigenvalue weighted by Crippen LogP contribution is 2.28. The standard InChI is InChI=1S/C21H18F2N2O5/c1-13(21(27)25-17-12-15(22)5-6-16(17)23)30-20(26)8-4-14-3-7-18(29-10-9-24)19(11-14)28-2/h3-8,11-13H,10H2,1-2H3,(H,25,27)/b8-4+/t13-/m1/s1. The fourth-order valence-electron chi connectivity index (χ4n) is 2.28. The third-order valence-corrected chi connectivity index (χ3v) is 3.74. The van der Waals surface area contributed by atoms with Crippen molar-refractivity contribution >= 4 is 23.6 Å². The molecule has 0 fully saturated rings. The first kappa shape index (κ1) is 22.4. The number of nitrogens with zero attached hydrogens (tertiary/aromatic N) is 1. The molecule has 0 radical (unpaired) electrons. The largest absolute Gasteiger partial charge is 0.493 e. The molecule has 1 amide bonds. The molecular formula is C21H18F2N2O5. The SMILES string of the molecule is COc1cc(/C=C/C(=O)O[C@H](C)C(=O)Nc2cc(F)ccc2F)ccc1OCC#N. The van der Waals surface area contributed by atoms with Crippen LogP contribution in [0.25, 0.3) is 6.08 Å². The lowest BCUT2D eigenvalue weighted by atomic mass is 10.2. The van der Waals surface area contributed by atoms with Gasteiger partial charge in [-0.3, -0.25) is 4.79 Å². The van der Waals surface area contributed by atoms with Gasteiger partial charge in [-0.2, -0.15) is 5.26 Å². The third kappa shape index (κ3) is 6.31. The van der Waals surface area contributed by atoms with Crippen LogP contribution in [0.4, 0.5) is 14.5 Å². The highest BCUT2D eigenvalue weighted by molar-refractivity contribution is 5.96. The molecule has 0 aliphatic rings.